The number of rotatable bonds is 6. The van der Waals surface area contributed by atoms with Crippen LogP contribution in [0, 0.1) is 0 Å². The Kier molecular flexibility index (Phi) is 5.46. The van der Waals surface area contributed by atoms with E-state index in [1.807, 2.05) is 13.0 Å². The van der Waals surface area contributed by atoms with Crippen molar-refractivity contribution < 1.29 is 4.74 Å². The summed E-state index contributed by atoms with van der Waals surface area (Å²) in [6.45, 7) is 2.73. The van der Waals surface area contributed by atoms with Crippen molar-refractivity contribution in [2.24, 2.45) is 0 Å². The zero-order chi connectivity index (χ0) is 13.5. The molecule has 0 heterocycles. The molecule has 1 nitrogen and oxygen atoms in total. The van der Waals surface area contributed by atoms with Crippen LogP contribution in [0.25, 0.3) is 0 Å². The predicted octanol–water partition coefficient (Wildman–Crippen LogP) is 5.15. The van der Waals surface area contributed by atoms with Gasteiger partial charge in [0.05, 0.1) is 6.61 Å². The number of hydrogen-bond donors (Lipinski definition) is 0. The molecule has 0 saturated carbocycles. The molecule has 0 amide bonds. The number of benzene rings is 2. The van der Waals surface area contributed by atoms with Gasteiger partial charge in [0.1, 0.15) is 5.75 Å². The minimum atomic E-state index is 0.407. The van der Waals surface area contributed by atoms with Gasteiger partial charge in [-0.15, -0.1) is 0 Å². The molecule has 100 valence electrons. The molecule has 0 aliphatic rings. The number of halogens is 1. The van der Waals surface area contributed by atoms with Gasteiger partial charge in [-0.1, -0.05) is 58.4 Å². The van der Waals surface area contributed by atoms with Gasteiger partial charge >= 0.3 is 0 Å². The highest BCUT2D eigenvalue weighted by Crippen LogP contribution is 2.28. The van der Waals surface area contributed by atoms with Gasteiger partial charge in [0.15, 0.2) is 0 Å². The molecule has 2 heteroatoms. The zero-order valence-corrected chi connectivity index (χ0v) is 12.8. The Morgan fingerprint density at radius 1 is 1.05 bits per heavy atom. The fraction of sp³-hybridized carbons (Fsp3) is 0.294. The van der Waals surface area contributed by atoms with E-state index in [9.17, 15) is 0 Å². The largest absolute Gasteiger partial charge is 0.494 e. The van der Waals surface area contributed by atoms with E-state index in [1.54, 1.807) is 0 Å². The molecule has 1 unspecified atom stereocenters. The van der Waals surface area contributed by atoms with Crippen molar-refractivity contribution in [3.63, 3.8) is 0 Å². The van der Waals surface area contributed by atoms with E-state index in [2.05, 4.69) is 64.5 Å². The fourth-order valence-electron chi connectivity index (χ4n) is 2.08. The summed E-state index contributed by atoms with van der Waals surface area (Å²) in [7, 11) is 0. The van der Waals surface area contributed by atoms with Gasteiger partial charge in [-0.2, -0.15) is 0 Å². The van der Waals surface area contributed by atoms with Crippen LogP contribution in [0.5, 0.6) is 5.75 Å². The van der Waals surface area contributed by atoms with E-state index >= 15 is 0 Å². The van der Waals surface area contributed by atoms with E-state index in [-0.39, 0.29) is 0 Å². The van der Waals surface area contributed by atoms with Gasteiger partial charge in [0.25, 0.3) is 0 Å². The third-order valence-electron chi connectivity index (χ3n) is 3.06. The second kappa shape index (κ2) is 7.34. The zero-order valence-electron chi connectivity index (χ0n) is 11.2. The number of aryl methyl sites for hydroxylation is 1. The van der Waals surface area contributed by atoms with Crippen LogP contribution in [0.4, 0.5) is 0 Å². The molecule has 1 atom stereocenters. The molecule has 19 heavy (non-hydrogen) atoms. The lowest BCUT2D eigenvalue weighted by atomic mass is 10.0. The predicted molar refractivity (Wildman–Crippen MR) is 84.0 cm³/mol. The van der Waals surface area contributed by atoms with Crippen LogP contribution in [-0.4, -0.2) is 6.61 Å². The first kappa shape index (κ1) is 14.1. The molecule has 2 rings (SSSR count). The summed E-state index contributed by atoms with van der Waals surface area (Å²) in [5.74, 6) is 0.964. The molecule has 0 spiro atoms. The minimum Gasteiger partial charge on any atom is -0.494 e. The average Bonchev–Trinajstić information content (AvgIpc) is 2.46. The highest BCUT2D eigenvalue weighted by atomic mass is 79.9. The van der Waals surface area contributed by atoms with Crippen molar-refractivity contribution in [3.8, 4) is 5.75 Å². The second-order valence-corrected chi connectivity index (χ2v) is 5.60. The molecule has 0 saturated heterocycles. The van der Waals surface area contributed by atoms with Gasteiger partial charge in [-0.25, -0.2) is 0 Å². The average molecular weight is 319 g/mol. The molecule has 0 radical (unpaired) electrons. The van der Waals surface area contributed by atoms with Crippen molar-refractivity contribution in [2.45, 2.75) is 24.6 Å². The Balaban J connectivity index is 1.93. The van der Waals surface area contributed by atoms with Crippen LogP contribution < -0.4 is 4.74 Å². The fourth-order valence-corrected chi connectivity index (χ4v) is 2.61. The first-order chi connectivity index (χ1) is 9.29. The molecule has 0 bridgehead atoms. The third kappa shape index (κ3) is 4.39. The van der Waals surface area contributed by atoms with Crippen molar-refractivity contribution in [3.05, 3.63) is 65.7 Å². The van der Waals surface area contributed by atoms with Crippen LogP contribution in [0.2, 0.25) is 0 Å². The number of hydrogen-bond acceptors (Lipinski definition) is 1. The van der Waals surface area contributed by atoms with E-state index in [1.165, 1.54) is 11.1 Å². The van der Waals surface area contributed by atoms with Crippen molar-refractivity contribution in [1.82, 2.24) is 0 Å². The van der Waals surface area contributed by atoms with E-state index < -0.39 is 0 Å². The molecular weight excluding hydrogens is 300 g/mol. The number of ether oxygens (including phenoxy) is 1. The summed E-state index contributed by atoms with van der Waals surface area (Å²) in [5.41, 5.74) is 2.66. The van der Waals surface area contributed by atoms with Gasteiger partial charge in [-0.05, 0) is 43.0 Å². The molecule has 0 aliphatic heterocycles. The van der Waals surface area contributed by atoms with E-state index in [0.29, 0.717) is 11.4 Å². The second-order valence-electron chi connectivity index (χ2n) is 4.50. The van der Waals surface area contributed by atoms with Gasteiger partial charge in [0, 0.05) is 4.83 Å². The molecule has 2 aromatic carbocycles. The Morgan fingerprint density at radius 3 is 2.58 bits per heavy atom. The summed E-state index contributed by atoms with van der Waals surface area (Å²) < 4.78 is 5.53. The highest BCUT2D eigenvalue weighted by molar-refractivity contribution is 9.09. The lowest BCUT2D eigenvalue weighted by Gasteiger charge is -2.11. The first-order valence-electron chi connectivity index (χ1n) is 6.70. The van der Waals surface area contributed by atoms with Gasteiger partial charge in [-0.3, -0.25) is 0 Å². The minimum absolute atomic E-state index is 0.407. The van der Waals surface area contributed by atoms with Crippen LogP contribution in [0.3, 0.4) is 0 Å². The summed E-state index contributed by atoms with van der Waals surface area (Å²) in [5, 5.41) is 0. The Bertz CT molecular complexity index is 496. The molecule has 0 aromatic heterocycles. The normalized spacial score (nSPS) is 12.1. The van der Waals surface area contributed by atoms with E-state index in [0.717, 1.165) is 18.6 Å². The van der Waals surface area contributed by atoms with Gasteiger partial charge in [0.2, 0.25) is 0 Å². The van der Waals surface area contributed by atoms with Gasteiger partial charge < -0.3 is 4.74 Å². The molecule has 0 N–H and O–H groups in total. The Morgan fingerprint density at radius 2 is 1.84 bits per heavy atom. The van der Waals surface area contributed by atoms with Crippen molar-refractivity contribution in [2.75, 3.05) is 6.61 Å². The SMILES string of the molecule is CCOc1cccc(CCC(Br)c2ccccc2)c1. The van der Waals surface area contributed by atoms with Crippen LogP contribution in [0.15, 0.2) is 54.6 Å². The molecule has 0 aliphatic carbocycles. The maximum Gasteiger partial charge on any atom is 0.119 e. The van der Waals surface area contributed by atoms with Crippen molar-refractivity contribution in [1.29, 1.82) is 0 Å². The van der Waals surface area contributed by atoms with Crippen LogP contribution >= 0.6 is 15.9 Å². The standard InChI is InChI=1S/C17H19BrO/c1-2-19-16-10-6-7-14(13-16)11-12-17(18)15-8-4-3-5-9-15/h3-10,13,17H,2,11-12H2,1H3. The number of alkyl halides is 1. The maximum atomic E-state index is 5.53. The van der Waals surface area contributed by atoms with Crippen molar-refractivity contribution >= 4 is 15.9 Å². The highest BCUT2D eigenvalue weighted by Gasteiger charge is 2.07. The summed E-state index contributed by atoms with van der Waals surface area (Å²) in [4.78, 5) is 0.407. The molecule has 0 fully saturated rings. The Hall–Kier alpha value is -1.28. The first-order valence-corrected chi connectivity index (χ1v) is 7.62. The van der Waals surface area contributed by atoms with Crippen LogP contribution in [-0.2, 0) is 6.42 Å². The summed E-state index contributed by atoms with van der Waals surface area (Å²) in [6, 6.07) is 18.9. The quantitative estimate of drug-likeness (QED) is 0.669. The Labute approximate surface area is 123 Å². The molecular formula is C17H19BrO. The third-order valence-corrected chi connectivity index (χ3v) is 4.04. The topological polar surface area (TPSA) is 9.23 Å². The summed E-state index contributed by atoms with van der Waals surface area (Å²) in [6.07, 6.45) is 2.13. The lowest BCUT2D eigenvalue weighted by Crippen LogP contribution is -1.95. The smallest absolute Gasteiger partial charge is 0.119 e. The van der Waals surface area contributed by atoms with Crippen LogP contribution in [0.1, 0.15) is 29.3 Å². The summed E-state index contributed by atoms with van der Waals surface area (Å²) >= 11 is 3.76. The lowest BCUT2D eigenvalue weighted by molar-refractivity contribution is 0.340. The van der Waals surface area contributed by atoms with E-state index in [4.69, 9.17) is 4.74 Å². The monoisotopic (exact) mass is 318 g/mol. The maximum absolute atomic E-state index is 5.53. The molecule has 2 aromatic rings.